The highest BCUT2D eigenvalue weighted by Gasteiger charge is 2.24. The first-order valence-corrected chi connectivity index (χ1v) is 6.36. The van der Waals surface area contributed by atoms with E-state index in [1.165, 1.54) is 12.1 Å². The summed E-state index contributed by atoms with van der Waals surface area (Å²) in [7, 11) is 0. The lowest BCUT2D eigenvalue weighted by atomic mass is 10.1. The summed E-state index contributed by atoms with van der Waals surface area (Å²) >= 11 is 0. The first kappa shape index (κ1) is 13.5. The molecule has 0 amide bonds. The fraction of sp³-hybridized carbons (Fsp3) is 0.571. The topological polar surface area (TPSA) is 32.7 Å². The predicted octanol–water partition coefficient (Wildman–Crippen LogP) is 1.97. The van der Waals surface area contributed by atoms with Crippen LogP contribution in [0.5, 0.6) is 0 Å². The summed E-state index contributed by atoms with van der Waals surface area (Å²) in [6.45, 7) is 6.27. The molecule has 1 aromatic rings. The minimum absolute atomic E-state index is 0.189. The van der Waals surface area contributed by atoms with Gasteiger partial charge in [0.15, 0.2) is 0 Å². The standard InChI is InChI=1S/C14H20FNO2/c1-10-7-16(8-11(2)18-10)9-14(17)12-3-5-13(15)6-4-12/h3-6,10-11,14,17H,7-9H2,1-2H3. The van der Waals surface area contributed by atoms with E-state index in [9.17, 15) is 9.50 Å². The first-order valence-electron chi connectivity index (χ1n) is 6.36. The maximum absolute atomic E-state index is 12.8. The number of hydrogen-bond donors (Lipinski definition) is 1. The van der Waals surface area contributed by atoms with Crippen LogP contribution < -0.4 is 0 Å². The molecule has 0 bridgehead atoms. The van der Waals surface area contributed by atoms with Crippen LogP contribution in [0.15, 0.2) is 24.3 Å². The molecule has 1 aliphatic heterocycles. The number of aliphatic hydroxyl groups is 1. The molecule has 1 heterocycles. The van der Waals surface area contributed by atoms with Crippen molar-refractivity contribution in [2.24, 2.45) is 0 Å². The van der Waals surface area contributed by atoms with Crippen LogP contribution >= 0.6 is 0 Å². The van der Waals surface area contributed by atoms with Gasteiger partial charge in [-0.2, -0.15) is 0 Å². The SMILES string of the molecule is CC1CN(CC(O)c2ccc(F)cc2)CC(C)O1. The highest BCUT2D eigenvalue weighted by atomic mass is 19.1. The van der Waals surface area contributed by atoms with Crippen molar-refractivity contribution >= 4 is 0 Å². The molecule has 1 aliphatic rings. The Morgan fingerprint density at radius 3 is 2.39 bits per heavy atom. The number of ether oxygens (including phenoxy) is 1. The Labute approximate surface area is 107 Å². The molecular weight excluding hydrogens is 233 g/mol. The molecule has 0 aromatic heterocycles. The number of halogens is 1. The fourth-order valence-corrected chi connectivity index (χ4v) is 2.47. The molecule has 0 saturated carbocycles. The lowest BCUT2D eigenvalue weighted by Crippen LogP contribution is -2.46. The molecule has 0 aliphatic carbocycles. The van der Waals surface area contributed by atoms with E-state index in [1.807, 2.05) is 13.8 Å². The minimum Gasteiger partial charge on any atom is -0.387 e. The van der Waals surface area contributed by atoms with Gasteiger partial charge in [-0.05, 0) is 31.5 Å². The van der Waals surface area contributed by atoms with Crippen molar-refractivity contribution in [1.82, 2.24) is 4.90 Å². The number of morpholine rings is 1. The lowest BCUT2D eigenvalue weighted by molar-refractivity contribution is -0.0767. The second-order valence-electron chi connectivity index (χ2n) is 5.04. The number of nitrogens with zero attached hydrogens (tertiary/aromatic N) is 1. The molecule has 1 fully saturated rings. The third-order valence-corrected chi connectivity index (χ3v) is 3.18. The van der Waals surface area contributed by atoms with Crippen LogP contribution in [0.4, 0.5) is 4.39 Å². The molecule has 3 atom stereocenters. The molecule has 1 N–H and O–H groups in total. The van der Waals surface area contributed by atoms with Gasteiger partial charge in [-0.15, -0.1) is 0 Å². The summed E-state index contributed by atoms with van der Waals surface area (Å²) in [6, 6.07) is 6.02. The van der Waals surface area contributed by atoms with Crippen LogP contribution in [0.3, 0.4) is 0 Å². The molecule has 2 rings (SSSR count). The van der Waals surface area contributed by atoms with Crippen molar-refractivity contribution in [2.45, 2.75) is 32.2 Å². The van der Waals surface area contributed by atoms with Crippen molar-refractivity contribution in [3.63, 3.8) is 0 Å². The Morgan fingerprint density at radius 2 is 1.83 bits per heavy atom. The van der Waals surface area contributed by atoms with Gasteiger partial charge in [0.05, 0.1) is 18.3 Å². The highest BCUT2D eigenvalue weighted by molar-refractivity contribution is 5.18. The molecule has 100 valence electrons. The van der Waals surface area contributed by atoms with E-state index in [1.54, 1.807) is 12.1 Å². The molecule has 1 saturated heterocycles. The average molecular weight is 253 g/mol. The molecular formula is C14H20FNO2. The Bertz CT molecular complexity index is 372. The van der Waals surface area contributed by atoms with Crippen LogP contribution in [0, 0.1) is 5.82 Å². The number of aliphatic hydroxyl groups excluding tert-OH is 1. The molecule has 1 aromatic carbocycles. The molecule has 3 nitrogen and oxygen atoms in total. The normalized spacial score (nSPS) is 27.1. The number of benzene rings is 1. The fourth-order valence-electron chi connectivity index (χ4n) is 2.47. The lowest BCUT2D eigenvalue weighted by Gasteiger charge is -2.36. The Hall–Kier alpha value is -0.970. The zero-order valence-corrected chi connectivity index (χ0v) is 10.8. The van der Waals surface area contributed by atoms with Crippen molar-refractivity contribution in [3.05, 3.63) is 35.6 Å². The van der Waals surface area contributed by atoms with Gasteiger partial charge in [-0.3, -0.25) is 4.90 Å². The van der Waals surface area contributed by atoms with Crippen LogP contribution in [0.2, 0.25) is 0 Å². The zero-order valence-electron chi connectivity index (χ0n) is 10.8. The highest BCUT2D eigenvalue weighted by Crippen LogP contribution is 2.18. The molecule has 3 unspecified atom stereocenters. The van der Waals surface area contributed by atoms with E-state index in [-0.39, 0.29) is 18.0 Å². The molecule has 0 radical (unpaired) electrons. The minimum atomic E-state index is -0.580. The van der Waals surface area contributed by atoms with E-state index in [0.717, 1.165) is 18.7 Å². The maximum Gasteiger partial charge on any atom is 0.123 e. The number of rotatable bonds is 3. The smallest absolute Gasteiger partial charge is 0.123 e. The van der Waals surface area contributed by atoms with E-state index < -0.39 is 6.10 Å². The Morgan fingerprint density at radius 1 is 1.28 bits per heavy atom. The number of hydrogen-bond acceptors (Lipinski definition) is 3. The number of β-amino-alcohol motifs (C(OH)–C–C–N with tert-alkyl or cyclic N) is 1. The van der Waals surface area contributed by atoms with Gasteiger partial charge in [0.1, 0.15) is 5.82 Å². The maximum atomic E-state index is 12.8. The van der Waals surface area contributed by atoms with E-state index in [4.69, 9.17) is 4.74 Å². The monoisotopic (exact) mass is 253 g/mol. The summed E-state index contributed by atoms with van der Waals surface area (Å²) in [6.07, 6.45) is -0.202. The van der Waals surface area contributed by atoms with Gasteiger partial charge in [0, 0.05) is 19.6 Å². The van der Waals surface area contributed by atoms with Crippen LogP contribution in [0.25, 0.3) is 0 Å². The second kappa shape index (κ2) is 5.78. The van der Waals surface area contributed by atoms with Crippen molar-refractivity contribution in [3.8, 4) is 0 Å². The predicted molar refractivity (Wildman–Crippen MR) is 67.8 cm³/mol. The summed E-state index contributed by atoms with van der Waals surface area (Å²) in [5, 5.41) is 10.1. The zero-order chi connectivity index (χ0) is 13.1. The third kappa shape index (κ3) is 3.51. The summed E-state index contributed by atoms with van der Waals surface area (Å²) in [5.41, 5.74) is 0.753. The van der Waals surface area contributed by atoms with Crippen LogP contribution in [0.1, 0.15) is 25.5 Å². The van der Waals surface area contributed by atoms with Crippen molar-refractivity contribution in [1.29, 1.82) is 0 Å². The van der Waals surface area contributed by atoms with Crippen LogP contribution in [-0.2, 0) is 4.74 Å². The third-order valence-electron chi connectivity index (χ3n) is 3.18. The quantitative estimate of drug-likeness (QED) is 0.894. The average Bonchev–Trinajstić information content (AvgIpc) is 2.28. The largest absolute Gasteiger partial charge is 0.387 e. The van der Waals surface area contributed by atoms with Gasteiger partial charge in [-0.25, -0.2) is 4.39 Å². The van der Waals surface area contributed by atoms with Gasteiger partial charge in [-0.1, -0.05) is 12.1 Å². The second-order valence-corrected chi connectivity index (χ2v) is 5.04. The summed E-state index contributed by atoms with van der Waals surface area (Å²) < 4.78 is 18.4. The van der Waals surface area contributed by atoms with E-state index >= 15 is 0 Å². The molecule has 18 heavy (non-hydrogen) atoms. The van der Waals surface area contributed by atoms with Crippen molar-refractivity contribution < 1.29 is 14.2 Å². The van der Waals surface area contributed by atoms with Gasteiger partial charge in [0.25, 0.3) is 0 Å². The Balaban J connectivity index is 1.94. The first-order chi connectivity index (χ1) is 8.54. The summed E-state index contributed by atoms with van der Waals surface area (Å²) in [5.74, 6) is -0.278. The van der Waals surface area contributed by atoms with E-state index in [0.29, 0.717) is 6.54 Å². The summed E-state index contributed by atoms with van der Waals surface area (Å²) in [4.78, 5) is 2.19. The molecule has 4 heteroatoms. The Kier molecular flexibility index (Phi) is 4.32. The van der Waals surface area contributed by atoms with E-state index in [2.05, 4.69) is 4.90 Å². The van der Waals surface area contributed by atoms with Gasteiger partial charge in [0.2, 0.25) is 0 Å². The van der Waals surface area contributed by atoms with Gasteiger partial charge < -0.3 is 9.84 Å². The van der Waals surface area contributed by atoms with Gasteiger partial charge >= 0.3 is 0 Å². The molecule has 0 spiro atoms. The van der Waals surface area contributed by atoms with Crippen molar-refractivity contribution in [2.75, 3.05) is 19.6 Å². The van der Waals surface area contributed by atoms with Crippen LogP contribution in [-0.4, -0.2) is 41.8 Å².